The summed E-state index contributed by atoms with van der Waals surface area (Å²) in [7, 11) is 0. The van der Waals surface area contributed by atoms with Crippen molar-refractivity contribution < 1.29 is 19.1 Å². The van der Waals surface area contributed by atoms with E-state index in [4.69, 9.17) is 4.74 Å². The highest BCUT2D eigenvalue weighted by molar-refractivity contribution is 6.38. The summed E-state index contributed by atoms with van der Waals surface area (Å²) < 4.78 is 5.63. The third-order valence-corrected chi connectivity index (χ3v) is 6.53. The Balaban J connectivity index is 1.64. The van der Waals surface area contributed by atoms with Crippen LogP contribution in [0.2, 0.25) is 0 Å². The second kappa shape index (κ2) is 10.6. The molecule has 32 heavy (non-hydrogen) atoms. The fourth-order valence-corrected chi connectivity index (χ4v) is 4.11. The highest BCUT2D eigenvalue weighted by Crippen LogP contribution is 2.29. The van der Waals surface area contributed by atoms with E-state index in [1.54, 1.807) is 13.8 Å². The Morgan fingerprint density at radius 3 is 2.09 bits per heavy atom. The summed E-state index contributed by atoms with van der Waals surface area (Å²) in [6, 6.07) is 19.7. The smallest absolute Gasteiger partial charge is 0.328 e. The zero-order valence-corrected chi connectivity index (χ0v) is 19.3. The van der Waals surface area contributed by atoms with Gasteiger partial charge in [-0.05, 0) is 36.8 Å². The fraction of sp³-hybridized carbons (Fsp3) is 0.444. The molecular weight excluding hydrogens is 402 g/mol. The first-order valence-electron chi connectivity index (χ1n) is 11.5. The standard InChI is InChI=1S/C27H33NO4/c1-4-27(2,3)24(29)25(30)28-18-11-16-23(28)26(31)32-19-17-22(20-12-7-5-8-13-20)21-14-9-6-10-15-21/h5-10,12-15,22-23H,4,11,16-19H2,1-3H3/t23-/m1/s1. The fourth-order valence-electron chi connectivity index (χ4n) is 4.11. The minimum absolute atomic E-state index is 0.110. The van der Waals surface area contributed by atoms with Gasteiger partial charge in [0.25, 0.3) is 5.91 Å². The average molecular weight is 436 g/mol. The third-order valence-electron chi connectivity index (χ3n) is 6.53. The van der Waals surface area contributed by atoms with E-state index in [1.165, 1.54) is 16.0 Å². The summed E-state index contributed by atoms with van der Waals surface area (Å²) in [6.45, 7) is 6.09. The summed E-state index contributed by atoms with van der Waals surface area (Å²) in [5.74, 6) is -1.31. The number of carbonyl (C=O) groups excluding carboxylic acids is 3. The van der Waals surface area contributed by atoms with Crippen LogP contribution in [0.3, 0.4) is 0 Å². The lowest BCUT2D eigenvalue weighted by molar-refractivity contribution is -0.157. The molecule has 1 saturated heterocycles. The Kier molecular flexibility index (Phi) is 7.84. The molecule has 1 aliphatic rings. The molecule has 5 nitrogen and oxygen atoms in total. The predicted molar refractivity (Wildman–Crippen MR) is 124 cm³/mol. The number of carbonyl (C=O) groups is 3. The van der Waals surface area contributed by atoms with Crippen LogP contribution in [0.1, 0.15) is 63.5 Å². The van der Waals surface area contributed by atoms with E-state index in [0.29, 0.717) is 32.2 Å². The number of nitrogens with zero attached hydrogens (tertiary/aromatic N) is 1. The molecular formula is C27H33NO4. The molecule has 1 atom stereocenters. The van der Waals surface area contributed by atoms with E-state index < -0.39 is 29.1 Å². The predicted octanol–water partition coefficient (Wildman–Crippen LogP) is 4.75. The first-order chi connectivity index (χ1) is 15.3. The molecule has 170 valence electrons. The maximum Gasteiger partial charge on any atom is 0.328 e. The van der Waals surface area contributed by atoms with Crippen molar-refractivity contribution in [2.45, 2.75) is 58.4 Å². The molecule has 5 heteroatoms. The van der Waals surface area contributed by atoms with E-state index in [-0.39, 0.29) is 12.5 Å². The molecule has 0 unspecified atom stereocenters. The zero-order valence-electron chi connectivity index (χ0n) is 19.3. The van der Waals surface area contributed by atoms with E-state index in [0.717, 1.165) is 0 Å². The van der Waals surface area contributed by atoms with Crippen LogP contribution in [0.5, 0.6) is 0 Å². The van der Waals surface area contributed by atoms with Gasteiger partial charge in [-0.2, -0.15) is 0 Å². The van der Waals surface area contributed by atoms with E-state index in [1.807, 2.05) is 43.3 Å². The van der Waals surface area contributed by atoms with Gasteiger partial charge in [-0.15, -0.1) is 0 Å². The van der Waals surface area contributed by atoms with E-state index >= 15 is 0 Å². The molecule has 3 rings (SSSR count). The number of hydrogen-bond donors (Lipinski definition) is 0. The molecule has 1 aliphatic heterocycles. The number of amides is 1. The summed E-state index contributed by atoms with van der Waals surface area (Å²) in [4.78, 5) is 39.7. The Morgan fingerprint density at radius 1 is 1.00 bits per heavy atom. The topological polar surface area (TPSA) is 63.7 Å². The molecule has 1 heterocycles. The van der Waals surface area contributed by atoms with Crippen LogP contribution < -0.4 is 0 Å². The first-order valence-corrected chi connectivity index (χ1v) is 11.5. The van der Waals surface area contributed by atoms with Crippen molar-refractivity contribution in [2.75, 3.05) is 13.2 Å². The molecule has 1 amide bonds. The molecule has 2 aromatic carbocycles. The second-order valence-electron chi connectivity index (χ2n) is 9.05. The molecule has 0 N–H and O–H groups in total. The van der Waals surface area contributed by atoms with Gasteiger partial charge in [0.15, 0.2) is 0 Å². The second-order valence-corrected chi connectivity index (χ2v) is 9.05. The van der Waals surface area contributed by atoms with Crippen LogP contribution in [0.15, 0.2) is 60.7 Å². The Morgan fingerprint density at radius 2 is 1.56 bits per heavy atom. The lowest BCUT2D eigenvalue weighted by Gasteiger charge is -2.27. The first kappa shape index (κ1) is 23.7. The normalized spacial score (nSPS) is 16.2. The summed E-state index contributed by atoms with van der Waals surface area (Å²) in [5.41, 5.74) is 1.60. The molecule has 0 spiro atoms. The highest BCUT2D eigenvalue weighted by Gasteiger charge is 2.41. The maximum absolute atomic E-state index is 12.8. The number of ether oxygens (including phenoxy) is 1. The van der Waals surface area contributed by atoms with Crippen molar-refractivity contribution in [1.29, 1.82) is 0 Å². The van der Waals surface area contributed by atoms with Gasteiger partial charge in [-0.25, -0.2) is 4.79 Å². The van der Waals surface area contributed by atoms with Gasteiger partial charge in [-0.3, -0.25) is 9.59 Å². The van der Waals surface area contributed by atoms with Crippen molar-refractivity contribution >= 4 is 17.7 Å². The van der Waals surface area contributed by atoms with Crippen LogP contribution in [0.4, 0.5) is 0 Å². The number of benzene rings is 2. The van der Waals surface area contributed by atoms with Gasteiger partial charge in [0.1, 0.15) is 6.04 Å². The Bertz CT molecular complexity index is 884. The van der Waals surface area contributed by atoms with Crippen molar-refractivity contribution in [3.05, 3.63) is 71.8 Å². The molecule has 0 aliphatic carbocycles. The lowest BCUT2D eigenvalue weighted by Crippen LogP contribution is -2.48. The number of hydrogen-bond acceptors (Lipinski definition) is 4. The zero-order chi connectivity index (χ0) is 23.1. The maximum atomic E-state index is 12.8. The molecule has 0 radical (unpaired) electrons. The molecule has 0 aromatic heterocycles. The van der Waals surface area contributed by atoms with Crippen molar-refractivity contribution in [2.24, 2.45) is 5.41 Å². The van der Waals surface area contributed by atoms with Gasteiger partial charge in [0.2, 0.25) is 5.78 Å². The minimum atomic E-state index is -0.729. The SMILES string of the molecule is CCC(C)(C)C(=O)C(=O)N1CCC[C@@H]1C(=O)OCCC(c1ccccc1)c1ccccc1. The number of Topliss-reactive ketones (excluding diaryl/α,β-unsaturated/α-hetero) is 1. The number of ketones is 1. The quantitative estimate of drug-likeness (QED) is 0.421. The number of rotatable bonds is 9. The lowest BCUT2D eigenvalue weighted by atomic mass is 9.84. The number of likely N-dealkylation sites (tertiary alicyclic amines) is 1. The Hall–Kier alpha value is -2.95. The highest BCUT2D eigenvalue weighted by atomic mass is 16.5. The molecule has 2 aromatic rings. The van der Waals surface area contributed by atoms with Gasteiger partial charge < -0.3 is 9.64 Å². The average Bonchev–Trinajstić information content (AvgIpc) is 3.32. The monoisotopic (exact) mass is 435 g/mol. The van der Waals surface area contributed by atoms with Gasteiger partial charge in [-0.1, -0.05) is 81.4 Å². The summed E-state index contributed by atoms with van der Waals surface area (Å²) in [5, 5.41) is 0. The van der Waals surface area contributed by atoms with E-state index in [2.05, 4.69) is 24.3 Å². The van der Waals surface area contributed by atoms with Crippen molar-refractivity contribution in [1.82, 2.24) is 4.90 Å². The van der Waals surface area contributed by atoms with Gasteiger partial charge >= 0.3 is 5.97 Å². The van der Waals surface area contributed by atoms with Crippen molar-refractivity contribution in [3.8, 4) is 0 Å². The minimum Gasteiger partial charge on any atom is -0.464 e. The van der Waals surface area contributed by atoms with Crippen LogP contribution in [-0.2, 0) is 19.1 Å². The van der Waals surface area contributed by atoms with Crippen LogP contribution in [-0.4, -0.2) is 41.8 Å². The van der Waals surface area contributed by atoms with Crippen LogP contribution in [0.25, 0.3) is 0 Å². The van der Waals surface area contributed by atoms with Crippen LogP contribution >= 0.6 is 0 Å². The van der Waals surface area contributed by atoms with Gasteiger partial charge in [0.05, 0.1) is 6.61 Å². The largest absolute Gasteiger partial charge is 0.464 e. The Labute approximate surface area is 190 Å². The molecule has 0 saturated carbocycles. The van der Waals surface area contributed by atoms with E-state index in [9.17, 15) is 14.4 Å². The van der Waals surface area contributed by atoms with Crippen molar-refractivity contribution in [3.63, 3.8) is 0 Å². The molecule has 1 fully saturated rings. The third kappa shape index (κ3) is 5.45. The number of esters is 1. The summed E-state index contributed by atoms with van der Waals surface area (Å²) >= 11 is 0. The van der Waals surface area contributed by atoms with Gasteiger partial charge in [0, 0.05) is 17.9 Å². The summed E-state index contributed by atoms with van der Waals surface area (Å²) in [6.07, 6.45) is 2.44. The van der Waals surface area contributed by atoms with Crippen LogP contribution in [0, 0.1) is 5.41 Å². The molecule has 0 bridgehead atoms.